The van der Waals surface area contributed by atoms with Gasteiger partial charge in [-0.05, 0) is 18.9 Å². The zero-order valence-corrected chi connectivity index (χ0v) is 15.1. The molecule has 1 aliphatic heterocycles. The highest BCUT2D eigenvalue weighted by atomic mass is 16.7. The van der Waals surface area contributed by atoms with Gasteiger partial charge in [0.2, 0.25) is 0 Å². The normalized spacial score (nSPS) is 27.8. The molecule has 0 aromatic carbocycles. The topological polar surface area (TPSA) is 146 Å². The van der Waals surface area contributed by atoms with E-state index in [0.717, 1.165) is 0 Å². The summed E-state index contributed by atoms with van der Waals surface area (Å²) in [6.45, 7) is 5.56. The van der Waals surface area contributed by atoms with E-state index < -0.39 is 48.6 Å². The lowest BCUT2D eigenvalue weighted by Gasteiger charge is -2.43. The molecule has 26 heavy (non-hydrogen) atoms. The van der Waals surface area contributed by atoms with Gasteiger partial charge in [-0.15, -0.1) is 0 Å². The van der Waals surface area contributed by atoms with Crippen LogP contribution in [0, 0.1) is 0 Å². The van der Waals surface area contributed by atoms with Crippen LogP contribution >= 0.6 is 0 Å². The van der Waals surface area contributed by atoms with E-state index in [1.54, 1.807) is 6.92 Å². The number of carbonyl (C=O) groups is 3. The number of hydrogen-bond donors (Lipinski definition) is 0. The van der Waals surface area contributed by atoms with Gasteiger partial charge in [-0.3, -0.25) is 14.4 Å². The Balaban J connectivity index is 2.97. The Kier molecular flexibility index (Phi) is 8.83. The lowest BCUT2D eigenvalue weighted by Crippen LogP contribution is -2.61. The van der Waals surface area contributed by atoms with E-state index in [0.29, 0.717) is 6.42 Å². The minimum Gasteiger partial charge on any atom is -0.456 e. The molecule has 0 N–H and O–H groups in total. The lowest BCUT2D eigenvalue weighted by molar-refractivity contribution is -0.300. The van der Waals surface area contributed by atoms with Gasteiger partial charge in [0.25, 0.3) is 0 Å². The average Bonchev–Trinajstić information content (AvgIpc) is 2.52. The number of rotatable bonds is 8. The summed E-state index contributed by atoms with van der Waals surface area (Å²) in [4.78, 5) is 37.0. The molecule has 5 atom stereocenters. The Labute approximate surface area is 150 Å². The highest BCUT2D eigenvalue weighted by Crippen LogP contribution is 2.29. The molecule has 0 aromatic heterocycles. The van der Waals surface area contributed by atoms with Crippen LogP contribution in [0.4, 0.5) is 0 Å². The van der Waals surface area contributed by atoms with Gasteiger partial charge < -0.3 is 23.7 Å². The third-order valence-corrected chi connectivity index (χ3v) is 3.38. The van der Waals surface area contributed by atoms with E-state index in [4.69, 9.17) is 29.2 Å². The molecule has 0 saturated carbocycles. The van der Waals surface area contributed by atoms with E-state index in [2.05, 4.69) is 10.0 Å². The molecule has 0 aromatic rings. The smallest absolute Gasteiger partial charge is 0.303 e. The monoisotopic (exact) mass is 373 g/mol. The first-order chi connectivity index (χ1) is 12.3. The molecule has 11 nitrogen and oxygen atoms in total. The molecule has 11 heteroatoms. The second kappa shape index (κ2) is 10.6. The summed E-state index contributed by atoms with van der Waals surface area (Å²) in [6.07, 6.45) is -4.50. The molecule has 1 heterocycles. The molecule has 1 aliphatic rings. The summed E-state index contributed by atoms with van der Waals surface area (Å²) in [6, 6.07) is 0. The number of nitrogens with zero attached hydrogens (tertiary/aromatic N) is 3. The third-order valence-electron chi connectivity index (χ3n) is 3.38. The van der Waals surface area contributed by atoms with Crippen molar-refractivity contribution in [3.63, 3.8) is 0 Å². The Hall–Kier alpha value is -2.36. The van der Waals surface area contributed by atoms with Crippen LogP contribution in [0.15, 0.2) is 5.11 Å². The number of esters is 3. The molecule has 146 valence electrons. The first kappa shape index (κ1) is 21.7. The fraction of sp³-hybridized carbons (Fsp3) is 0.800. The van der Waals surface area contributed by atoms with E-state index >= 15 is 0 Å². The molecular weight excluding hydrogens is 350 g/mol. The van der Waals surface area contributed by atoms with Gasteiger partial charge in [0.1, 0.15) is 0 Å². The van der Waals surface area contributed by atoms with Gasteiger partial charge in [0, 0.05) is 32.2 Å². The summed E-state index contributed by atoms with van der Waals surface area (Å²) >= 11 is 0. The minimum absolute atomic E-state index is 0.152. The fourth-order valence-corrected chi connectivity index (χ4v) is 2.48. The molecule has 0 radical (unpaired) electrons. The van der Waals surface area contributed by atoms with Crippen LogP contribution in [0.1, 0.15) is 34.1 Å². The van der Waals surface area contributed by atoms with E-state index in [-0.39, 0.29) is 13.2 Å². The predicted octanol–water partition coefficient (Wildman–Crippen LogP) is 1.24. The van der Waals surface area contributed by atoms with Gasteiger partial charge >= 0.3 is 17.9 Å². The van der Waals surface area contributed by atoms with Crippen LogP contribution in [-0.4, -0.2) is 61.8 Å². The summed E-state index contributed by atoms with van der Waals surface area (Å²) < 4.78 is 26.9. The van der Waals surface area contributed by atoms with Crippen molar-refractivity contribution in [1.29, 1.82) is 0 Å². The highest BCUT2D eigenvalue weighted by molar-refractivity contribution is 5.68. The van der Waals surface area contributed by atoms with Crippen LogP contribution in [0.3, 0.4) is 0 Å². The van der Waals surface area contributed by atoms with Crippen LogP contribution in [0.25, 0.3) is 10.4 Å². The van der Waals surface area contributed by atoms with Crippen molar-refractivity contribution in [2.75, 3.05) is 13.2 Å². The molecule has 1 saturated heterocycles. The van der Waals surface area contributed by atoms with E-state index in [1.807, 2.05) is 0 Å². The molecular formula is C15H23N3O8. The van der Waals surface area contributed by atoms with Crippen LogP contribution in [0.5, 0.6) is 0 Å². The van der Waals surface area contributed by atoms with Crippen molar-refractivity contribution < 1.29 is 38.1 Å². The third kappa shape index (κ3) is 6.87. The second-order valence-electron chi connectivity index (χ2n) is 5.61. The number of azide groups is 1. The molecule has 1 rings (SSSR count). The maximum absolute atomic E-state index is 11.5. The molecule has 1 fully saturated rings. The zero-order chi connectivity index (χ0) is 19.7. The zero-order valence-electron chi connectivity index (χ0n) is 15.1. The Morgan fingerprint density at radius 1 is 1.00 bits per heavy atom. The summed E-state index contributed by atoms with van der Waals surface area (Å²) in [5, 5.41) is 3.38. The van der Waals surface area contributed by atoms with E-state index in [1.165, 1.54) is 20.8 Å². The number of ether oxygens (including phenoxy) is 5. The average molecular weight is 373 g/mol. The van der Waals surface area contributed by atoms with Gasteiger partial charge in [-0.1, -0.05) is 5.11 Å². The summed E-state index contributed by atoms with van der Waals surface area (Å²) in [5.41, 5.74) is 8.26. The van der Waals surface area contributed by atoms with Gasteiger partial charge in [0.05, 0.1) is 12.7 Å². The van der Waals surface area contributed by atoms with Crippen molar-refractivity contribution in [3.05, 3.63) is 10.4 Å². The molecule has 0 bridgehead atoms. The van der Waals surface area contributed by atoms with Crippen molar-refractivity contribution in [2.24, 2.45) is 5.11 Å². The first-order valence-electron chi connectivity index (χ1n) is 8.05. The minimum atomic E-state index is -1.13. The van der Waals surface area contributed by atoms with Crippen molar-refractivity contribution >= 4 is 17.9 Å². The van der Waals surface area contributed by atoms with Crippen LogP contribution in [0.2, 0.25) is 0 Å². The molecule has 0 spiro atoms. The Morgan fingerprint density at radius 2 is 1.54 bits per heavy atom. The Morgan fingerprint density at radius 3 is 2.08 bits per heavy atom. The highest BCUT2D eigenvalue weighted by Gasteiger charge is 2.50. The largest absolute Gasteiger partial charge is 0.456 e. The van der Waals surface area contributed by atoms with Gasteiger partial charge in [0.15, 0.2) is 24.6 Å². The maximum atomic E-state index is 11.5. The predicted molar refractivity (Wildman–Crippen MR) is 85.6 cm³/mol. The fourth-order valence-electron chi connectivity index (χ4n) is 2.48. The van der Waals surface area contributed by atoms with Crippen molar-refractivity contribution in [2.45, 2.75) is 64.8 Å². The van der Waals surface area contributed by atoms with Crippen LogP contribution < -0.4 is 0 Å². The molecule has 0 aliphatic carbocycles. The SMILES string of the molecule is CC(=O)O[C@H]1[C@H](OC(C)=O)[C@H](OCCCN=[N+]=[N-])O[C@@H](C)[C@H]1OC(C)=O. The summed E-state index contributed by atoms with van der Waals surface area (Å²) in [7, 11) is 0. The lowest BCUT2D eigenvalue weighted by atomic mass is 9.99. The molecule has 0 unspecified atom stereocenters. The second-order valence-corrected chi connectivity index (χ2v) is 5.61. The number of carbonyl (C=O) groups excluding carboxylic acids is 3. The quantitative estimate of drug-likeness (QED) is 0.154. The first-order valence-corrected chi connectivity index (χ1v) is 8.05. The van der Waals surface area contributed by atoms with Gasteiger partial charge in [-0.25, -0.2) is 0 Å². The Bertz CT molecular complexity index is 563. The van der Waals surface area contributed by atoms with E-state index in [9.17, 15) is 14.4 Å². The summed E-state index contributed by atoms with van der Waals surface area (Å²) in [5.74, 6) is -1.88. The molecule has 0 amide bonds. The van der Waals surface area contributed by atoms with Crippen molar-refractivity contribution in [3.8, 4) is 0 Å². The van der Waals surface area contributed by atoms with Gasteiger partial charge in [-0.2, -0.15) is 0 Å². The van der Waals surface area contributed by atoms with Crippen LogP contribution in [-0.2, 0) is 38.1 Å². The van der Waals surface area contributed by atoms with Crippen molar-refractivity contribution in [1.82, 2.24) is 0 Å². The number of hydrogen-bond acceptors (Lipinski definition) is 9. The maximum Gasteiger partial charge on any atom is 0.303 e. The standard InChI is InChI=1S/C15H23N3O8/c1-8-12(24-9(2)19)13(25-10(3)20)14(26-11(4)21)15(23-8)22-7-5-6-17-18-16/h8,12-15H,5-7H2,1-4H3/t8-,12+,13+,14-,15+/m0/s1.